The van der Waals surface area contributed by atoms with Crippen LogP contribution in [0, 0.1) is 0 Å². The van der Waals surface area contributed by atoms with Crippen molar-refractivity contribution in [3.8, 4) is 0 Å². The molecular formula is C14H24N4. The number of anilines is 1. The molecule has 1 N–H and O–H groups in total. The fraction of sp³-hybridized carbons (Fsp3) is 0.643. The van der Waals surface area contributed by atoms with Gasteiger partial charge in [0, 0.05) is 38.9 Å². The third kappa shape index (κ3) is 3.88. The summed E-state index contributed by atoms with van der Waals surface area (Å²) in [6, 6.07) is 0.595. The number of aryl methyl sites for hydroxylation is 1. The topological polar surface area (TPSA) is 33.1 Å². The third-order valence-corrected chi connectivity index (χ3v) is 3.42. The van der Waals surface area contributed by atoms with Crippen LogP contribution in [-0.2, 0) is 7.05 Å². The molecule has 18 heavy (non-hydrogen) atoms. The molecule has 100 valence electrons. The third-order valence-electron chi connectivity index (χ3n) is 3.42. The Labute approximate surface area is 110 Å². The average molecular weight is 248 g/mol. The smallest absolute Gasteiger partial charge is 0.0728 e. The first-order valence-electron chi connectivity index (χ1n) is 6.74. The molecule has 0 amide bonds. The fourth-order valence-corrected chi connectivity index (χ4v) is 2.30. The number of likely N-dealkylation sites (tertiary alicyclic amines) is 1. The molecule has 0 spiro atoms. The van der Waals surface area contributed by atoms with Gasteiger partial charge in [0.25, 0.3) is 0 Å². The van der Waals surface area contributed by atoms with Crippen LogP contribution >= 0.6 is 0 Å². The van der Waals surface area contributed by atoms with Crippen LogP contribution in [0.2, 0.25) is 0 Å². The predicted octanol–water partition coefficient (Wildman–Crippen LogP) is 2.26. The van der Waals surface area contributed by atoms with E-state index in [-0.39, 0.29) is 0 Å². The number of rotatable bonds is 4. The van der Waals surface area contributed by atoms with Crippen molar-refractivity contribution in [2.24, 2.45) is 7.05 Å². The molecule has 1 fully saturated rings. The molecular weight excluding hydrogens is 224 g/mol. The molecule has 0 saturated carbocycles. The molecule has 1 aliphatic rings. The van der Waals surface area contributed by atoms with Gasteiger partial charge < -0.3 is 5.32 Å². The van der Waals surface area contributed by atoms with Gasteiger partial charge >= 0.3 is 0 Å². The zero-order chi connectivity index (χ0) is 13.0. The highest BCUT2D eigenvalue weighted by atomic mass is 15.3. The van der Waals surface area contributed by atoms with Crippen LogP contribution in [0.5, 0.6) is 0 Å². The summed E-state index contributed by atoms with van der Waals surface area (Å²) < 4.78 is 1.84. The number of aromatic nitrogens is 2. The molecule has 4 heteroatoms. The highest BCUT2D eigenvalue weighted by Crippen LogP contribution is 2.15. The first-order chi connectivity index (χ1) is 8.63. The second-order valence-electron chi connectivity index (χ2n) is 5.40. The number of hydrogen-bond donors (Lipinski definition) is 1. The maximum Gasteiger partial charge on any atom is 0.0728 e. The molecule has 0 bridgehead atoms. The second-order valence-corrected chi connectivity index (χ2v) is 5.40. The van der Waals surface area contributed by atoms with E-state index >= 15 is 0 Å². The summed E-state index contributed by atoms with van der Waals surface area (Å²) in [6.45, 7) is 7.79. The van der Waals surface area contributed by atoms with Gasteiger partial charge in [-0.15, -0.1) is 0 Å². The Hall–Kier alpha value is -1.29. The van der Waals surface area contributed by atoms with Crippen LogP contribution in [0.1, 0.15) is 26.7 Å². The van der Waals surface area contributed by atoms with Crippen LogP contribution in [0.3, 0.4) is 0 Å². The zero-order valence-corrected chi connectivity index (χ0v) is 11.7. The second kappa shape index (κ2) is 6.05. The van der Waals surface area contributed by atoms with Gasteiger partial charge in [0.1, 0.15) is 0 Å². The van der Waals surface area contributed by atoms with E-state index in [0.717, 1.165) is 12.2 Å². The lowest BCUT2D eigenvalue weighted by Gasteiger charge is -2.31. The highest BCUT2D eigenvalue weighted by Gasteiger charge is 2.18. The molecule has 1 aromatic heterocycles. The summed E-state index contributed by atoms with van der Waals surface area (Å²) in [7, 11) is 1.95. The Balaban J connectivity index is 1.75. The first kappa shape index (κ1) is 13.1. The maximum atomic E-state index is 4.18. The van der Waals surface area contributed by atoms with Gasteiger partial charge in [0.05, 0.1) is 11.9 Å². The van der Waals surface area contributed by atoms with Gasteiger partial charge in [-0.1, -0.05) is 11.6 Å². The summed E-state index contributed by atoms with van der Waals surface area (Å²) in [5.41, 5.74) is 2.55. The van der Waals surface area contributed by atoms with E-state index in [2.05, 4.69) is 35.2 Å². The molecule has 1 aromatic rings. The Kier molecular flexibility index (Phi) is 4.42. The largest absolute Gasteiger partial charge is 0.380 e. The van der Waals surface area contributed by atoms with E-state index in [1.54, 1.807) is 0 Å². The highest BCUT2D eigenvalue weighted by molar-refractivity contribution is 5.39. The van der Waals surface area contributed by atoms with E-state index in [0.29, 0.717) is 6.04 Å². The van der Waals surface area contributed by atoms with Crippen LogP contribution in [-0.4, -0.2) is 40.4 Å². The number of hydrogen-bond acceptors (Lipinski definition) is 3. The minimum absolute atomic E-state index is 0.595. The first-order valence-corrected chi connectivity index (χ1v) is 6.74. The Bertz CT molecular complexity index is 396. The number of nitrogens with one attached hydrogen (secondary N) is 1. The summed E-state index contributed by atoms with van der Waals surface area (Å²) >= 11 is 0. The SMILES string of the molecule is CC(C)=CCN1CCC(Nc2cnn(C)c2)CC1. The summed E-state index contributed by atoms with van der Waals surface area (Å²) in [6.07, 6.45) is 8.68. The van der Waals surface area contributed by atoms with Gasteiger partial charge in [0.15, 0.2) is 0 Å². The molecule has 0 unspecified atom stereocenters. The fourth-order valence-electron chi connectivity index (χ4n) is 2.30. The van der Waals surface area contributed by atoms with Gasteiger partial charge in [-0.05, 0) is 26.7 Å². The molecule has 1 saturated heterocycles. The van der Waals surface area contributed by atoms with Crippen LogP contribution < -0.4 is 5.32 Å². The lowest BCUT2D eigenvalue weighted by Crippen LogP contribution is -2.39. The van der Waals surface area contributed by atoms with Crippen molar-refractivity contribution in [3.63, 3.8) is 0 Å². The zero-order valence-electron chi connectivity index (χ0n) is 11.7. The summed E-state index contributed by atoms with van der Waals surface area (Å²) in [5.74, 6) is 0. The molecule has 0 aromatic carbocycles. The van der Waals surface area contributed by atoms with Crippen LogP contribution in [0.15, 0.2) is 24.0 Å². The Morgan fingerprint density at radius 2 is 2.17 bits per heavy atom. The Morgan fingerprint density at radius 3 is 2.72 bits per heavy atom. The quantitative estimate of drug-likeness (QED) is 0.830. The molecule has 1 aliphatic heterocycles. The monoisotopic (exact) mass is 248 g/mol. The van der Waals surface area contributed by atoms with Crippen molar-refractivity contribution < 1.29 is 0 Å². The van der Waals surface area contributed by atoms with Crippen molar-refractivity contribution >= 4 is 5.69 Å². The molecule has 2 rings (SSSR count). The molecule has 0 atom stereocenters. The summed E-state index contributed by atoms with van der Waals surface area (Å²) in [5, 5.41) is 7.74. The van der Waals surface area contributed by atoms with Crippen molar-refractivity contribution in [1.29, 1.82) is 0 Å². The molecule has 0 aliphatic carbocycles. The van der Waals surface area contributed by atoms with Gasteiger partial charge in [-0.3, -0.25) is 9.58 Å². The standard InChI is InChI=1S/C14H24N4/c1-12(2)4-7-18-8-5-13(6-9-18)16-14-10-15-17(3)11-14/h4,10-11,13,16H,5-9H2,1-3H3. The predicted molar refractivity (Wildman–Crippen MR) is 75.7 cm³/mol. The molecule has 2 heterocycles. The van der Waals surface area contributed by atoms with E-state index < -0.39 is 0 Å². The lowest BCUT2D eigenvalue weighted by molar-refractivity contribution is 0.240. The van der Waals surface area contributed by atoms with E-state index in [9.17, 15) is 0 Å². The van der Waals surface area contributed by atoms with Crippen molar-refractivity contribution in [2.75, 3.05) is 25.0 Å². The average Bonchev–Trinajstić information content (AvgIpc) is 2.74. The minimum Gasteiger partial charge on any atom is -0.380 e. The number of piperidine rings is 1. The minimum atomic E-state index is 0.595. The molecule has 4 nitrogen and oxygen atoms in total. The van der Waals surface area contributed by atoms with E-state index in [1.807, 2.05) is 24.1 Å². The van der Waals surface area contributed by atoms with Crippen LogP contribution in [0.25, 0.3) is 0 Å². The van der Waals surface area contributed by atoms with Crippen LogP contribution in [0.4, 0.5) is 5.69 Å². The van der Waals surface area contributed by atoms with Crippen molar-refractivity contribution in [1.82, 2.24) is 14.7 Å². The van der Waals surface area contributed by atoms with E-state index in [4.69, 9.17) is 0 Å². The molecule has 0 radical (unpaired) electrons. The normalized spacial score (nSPS) is 17.7. The Morgan fingerprint density at radius 1 is 1.44 bits per heavy atom. The lowest BCUT2D eigenvalue weighted by atomic mass is 10.0. The van der Waals surface area contributed by atoms with E-state index in [1.165, 1.54) is 31.5 Å². The van der Waals surface area contributed by atoms with Gasteiger partial charge in [-0.2, -0.15) is 5.10 Å². The van der Waals surface area contributed by atoms with Crippen molar-refractivity contribution in [3.05, 3.63) is 24.0 Å². The number of allylic oxidation sites excluding steroid dienone is 1. The van der Waals surface area contributed by atoms with Gasteiger partial charge in [0.2, 0.25) is 0 Å². The maximum absolute atomic E-state index is 4.18. The number of nitrogens with zero attached hydrogens (tertiary/aromatic N) is 3. The van der Waals surface area contributed by atoms with Crippen molar-refractivity contribution in [2.45, 2.75) is 32.7 Å². The van der Waals surface area contributed by atoms with Gasteiger partial charge in [-0.25, -0.2) is 0 Å². The summed E-state index contributed by atoms with van der Waals surface area (Å²) in [4.78, 5) is 2.52.